The fourth-order valence-electron chi connectivity index (χ4n) is 3.39. The van der Waals surface area contributed by atoms with Gasteiger partial charge in [-0.3, -0.25) is 4.98 Å². The average molecular weight is 265 g/mol. The molecule has 1 aromatic rings. The second-order valence-electron chi connectivity index (χ2n) is 5.63. The zero-order chi connectivity index (χ0) is 13.9. The van der Waals surface area contributed by atoms with Gasteiger partial charge in [-0.2, -0.15) is 0 Å². The molecule has 0 bridgehead atoms. The summed E-state index contributed by atoms with van der Waals surface area (Å²) >= 11 is 0. The van der Waals surface area contributed by atoms with Gasteiger partial charge in [0.05, 0.1) is 12.2 Å². The van der Waals surface area contributed by atoms with Crippen molar-refractivity contribution in [3.8, 4) is 0 Å². The minimum Gasteiger partial charge on any atom is -0.309 e. The van der Waals surface area contributed by atoms with Gasteiger partial charge in [0, 0.05) is 11.7 Å². The first-order chi connectivity index (χ1) is 9.10. The van der Waals surface area contributed by atoms with E-state index in [0.717, 1.165) is 24.9 Å². The van der Waals surface area contributed by atoms with Gasteiger partial charge < -0.3 is 10.2 Å². The minimum atomic E-state index is -0.257. The summed E-state index contributed by atoms with van der Waals surface area (Å²) in [7, 11) is 4.25. The highest BCUT2D eigenvalue weighted by atomic mass is 19.1. The minimum absolute atomic E-state index is 0.0749. The van der Waals surface area contributed by atoms with Gasteiger partial charge in [-0.1, -0.05) is 19.8 Å². The Morgan fingerprint density at radius 2 is 2.05 bits per heavy atom. The third-order valence-electron chi connectivity index (χ3n) is 4.36. The molecule has 106 valence electrons. The number of likely N-dealkylation sites (N-methyl/N-ethyl adjacent to an activating group) is 2. The molecular weight excluding hydrogens is 241 g/mol. The van der Waals surface area contributed by atoms with Crippen molar-refractivity contribution in [1.29, 1.82) is 0 Å². The molecule has 1 atom stereocenters. The number of nitrogens with one attached hydrogen (secondary N) is 1. The van der Waals surface area contributed by atoms with Gasteiger partial charge in [0.25, 0.3) is 0 Å². The first-order valence-corrected chi connectivity index (χ1v) is 7.11. The average Bonchev–Trinajstić information content (AvgIpc) is 2.86. The summed E-state index contributed by atoms with van der Waals surface area (Å²) in [6, 6.07) is 1.75. The van der Waals surface area contributed by atoms with E-state index in [1.807, 2.05) is 0 Å². The quantitative estimate of drug-likeness (QED) is 0.887. The third kappa shape index (κ3) is 2.79. The lowest BCUT2D eigenvalue weighted by atomic mass is 9.83. The second kappa shape index (κ2) is 5.97. The molecular formula is C15H24FN3. The highest BCUT2D eigenvalue weighted by molar-refractivity contribution is 5.22. The molecule has 19 heavy (non-hydrogen) atoms. The van der Waals surface area contributed by atoms with Crippen LogP contribution in [-0.2, 0) is 0 Å². The normalized spacial score (nSPS) is 19.8. The van der Waals surface area contributed by atoms with E-state index in [0.29, 0.717) is 0 Å². The van der Waals surface area contributed by atoms with Crippen LogP contribution in [0.3, 0.4) is 0 Å². The Kier molecular flexibility index (Phi) is 4.53. The topological polar surface area (TPSA) is 28.2 Å². The molecule has 2 rings (SSSR count). The van der Waals surface area contributed by atoms with E-state index in [1.165, 1.54) is 19.0 Å². The molecule has 0 saturated heterocycles. The maximum absolute atomic E-state index is 13.5. The number of pyridine rings is 1. The fourth-order valence-corrected chi connectivity index (χ4v) is 3.39. The molecule has 0 spiro atoms. The van der Waals surface area contributed by atoms with Crippen LogP contribution in [0.1, 0.15) is 44.2 Å². The molecule has 0 amide bonds. The summed E-state index contributed by atoms with van der Waals surface area (Å²) in [5.74, 6) is -0.257. The molecule has 0 aromatic carbocycles. The third-order valence-corrected chi connectivity index (χ3v) is 4.36. The number of hydrogen-bond acceptors (Lipinski definition) is 3. The predicted molar refractivity (Wildman–Crippen MR) is 75.5 cm³/mol. The molecule has 1 aliphatic carbocycles. The first-order valence-electron chi connectivity index (χ1n) is 7.11. The molecule has 1 saturated carbocycles. The second-order valence-corrected chi connectivity index (χ2v) is 5.63. The van der Waals surface area contributed by atoms with Gasteiger partial charge in [0.15, 0.2) is 0 Å². The van der Waals surface area contributed by atoms with Crippen molar-refractivity contribution < 1.29 is 4.39 Å². The van der Waals surface area contributed by atoms with E-state index >= 15 is 0 Å². The van der Waals surface area contributed by atoms with Crippen LogP contribution in [-0.4, -0.2) is 36.1 Å². The molecule has 0 aliphatic heterocycles. The van der Waals surface area contributed by atoms with Crippen molar-refractivity contribution in [3.63, 3.8) is 0 Å². The Bertz CT molecular complexity index is 414. The summed E-state index contributed by atoms with van der Waals surface area (Å²) in [6.07, 6.45) is 7.83. The standard InChI is InChI=1S/C15H24FN3/c1-4-18-14(12-9-13(16)11-17-10-12)15(19(2)3)7-5-6-8-15/h9-11,14,18H,4-8H2,1-3H3. The molecule has 3 nitrogen and oxygen atoms in total. The Morgan fingerprint density at radius 3 is 2.58 bits per heavy atom. The summed E-state index contributed by atoms with van der Waals surface area (Å²) in [5.41, 5.74) is 1.03. The summed E-state index contributed by atoms with van der Waals surface area (Å²) in [4.78, 5) is 6.32. The van der Waals surface area contributed by atoms with Gasteiger partial charge >= 0.3 is 0 Å². The van der Waals surface area contributed by atoms with Gasteiger partial charge in [0.1, 0.15) is 5.82 Å². The van der Waals surface area contributed by atoms with Crippen molar-refractivity contribution in [2.24, 2.45) is 0 Å². The SMILES string of the molecule is CCNC(c1cncc(F)c1)C1(N(C)C)CCCC1. The van der Waals surface area contributed by atoms with Crippen molar-refractivity contribution in [1.82, 2.24) is 15.2 Å². The number of rotatable bonds is 5. The lowest BCUT2D eigenvalue weighted by molar-refractivity contribution is 0.105. The predicted octanol–water partition coefficient (Wildman–Crippen LogP) is 2.75. The molecule has 1 unspecified atom stereocenters. The molecule has 1 aliphatic rings. The van der Waals surface area contributed by atoms with Crippen molar-refractivity contribution in [3.05, 3.63) is 29.8 Å². The largest absolute Gasteiger partial charge is 0.309 e. The maximum Gasteiger partial charge on any atom is 0.141 e. The number of nitrogens with zero attached hydrogens (tertiary/aromatic N) is 2. The fraction of sp³-hybridized carbons (Fsp3) is 0.667. The molecule has 1 fully saturated rings. The Morgan fingerprint density at radius 1 is 1.37 bits per heavy atom. The van der Waals surface area contributed by atoms with Crippen molar-refractivity contribution in [2.75, 3.05) is 20.6 Å². The van der Waals surface area contributed by atoms with Crippen LogP contribution < -0.4 is 5.32 Å². The molecule has 1 heterocycles. The number of aromatic nitrogens is 1. The highest BCUT2D eigenvalue weighted by Crippen LogP contribution is 2.43. The van der Waals surface area contributed by atoms with Gasteiger partial charge in [-0.15, -0.1) is 0 Å². The summed E-state index contributed by atoms with van der Waals surface area (Å²) in [6.45, 7) is 2.97. The molecule has 0 radical (unpaired) electrons. The van der Waals surface area contributed by atoms with Crippen molar-refractivity contribution >= 4 is 0 Å². The molecule has 4 heteroatoms. The van der Waals surface area contributed by atoms with E-state index in [1.54, 1.807) is 12.3 Å². The van der Waals surface area contributed by atoms with Crippen molar-refractivity contribution in [2.45, 2.75) is 44.2 Å². The number of hydrogen-bond donors (Lipinski definition) is 1. The van der Waals surface area contributed by atoms with E-state index in [4.69, 9.17) is 0 Å². The van der Waals surface area contributed by atoms with Crippen LogP contribution in [0, 0.1) is 5.82 Å². The lowest BCUT2D eigenvalue weighted by Crippen LogP contribution is -2.52. The van der Waals surface area contributed by atoms with Crippen LogP contribution in [0.25, 0.3) is 0 Å². The van der Waals surface area contributed by atoms with Crippen LogP contribution in [0.2, 0.25) is 0 Å². The smallest absolute Gasteiger partial charge is 0.141 e. The van der Waals surface area contributed by atoms with E-state index in [-0.39, 0.29) is 17.4 Å². The first kappa shape index (κ1) is 14.4. The Labute approximate surface area is 115 Å². The monoisotopic (exact) mass is 265 g/mol. The Hall–Kier alpha value is -1.00. The summed E-state index contributed by atoms with van der Waals surface area (Å²) < 4.78 is 13.5. The van der Waals surface area contributed by atoms with E-state index in [2.05, 4.69) is 36.2 Å². The highest BCUT2D eigenvalue weighted by Gasteiger charge is 2.43. The van der Waals surface area contributed by atoms with Crippen LogP contribution in [0.5, 0.6) is 0 Å². The van der Waals surface area contributed by atoms with Gasteiger partial charge in [0.2, 0.25) is 0 Å². The number of halogens is 1. The van der Waals surface area contributed by atoms with Crippen LogP contribution in [0.4, 0.5) is 4.39 Å². The maximum atomic E-state index is 13.5. The zero-order valence-electron chi connectivity index (χ0n) is 12.1. The summed E-state index contributed by atoms with van der Waals surface area (Å²) in [5, 5.41) is 3.54. The Balaban J connectivity index is 2.38. The molecule has 1 N–H and O–H groups in total. The van der Waals surface area contributed by atoms with Crippen LogP contribution in [0.15, 0.2) is 18.5 Å². The van der Waals surface area contributed by atoms with E-state index in [9.17, 15) is 4.39 Å². The van der Waals surface area contributed by atoms with Gasteiger partial charge in [-0.25, -0.2) is 4.39 Å². The van der Waals surface area contributed by atoms with E-state index < -0.39 is 0 Å². The molecule has 1 aromatic heterocycles. The van der Waals surface area contributed by atoms with Gasteiger partial charge in [-0.05, 0) is 45.1 Å². The zero-order valence-corrected chi connectivity index (χ0v) is 12.1. The lowest BCUT2D eigenvalue weighted by Gasteiger charge is -2.43. The van der Waals surface area contributed by atoms with Crippen LogP contribution >= 0.6 is 0 Å².